The number of carboxylic acid groups (broad SMARTS) is 1. The first-order valence-electron chi connectivity index (χ1n) is 7.67. The fourth-order valence-electron chi connectivity index (χ4n) is 2.18. The van der Waals surface area contributed by atoms with Crippen LogP contribution in [0.15, 0.2) is 0 Å². The molecule has 0 rings (SSSR count). The monoisotopic (exact) mass is 287 g/mol. The van der Waals surface area contributed by atoms with Crippen molar-refractivity contribution < 1.29 is 19.9 Å². The molecule has 0 aromatic carbocycles. The maximum atomic E-state index is 11.3. The first-order chi connectivity index (χ1) is 9.49. The number of rotatable bonds is 12. The molecule has 0 aromatic rings. The van der Waals surface area contributed by atoms with E-state index in [0.717, 1.165) is 19.3 Å². The van der Waals surface area contributed by atoms with E-state index in [9.17, 15) is 9.59 Å². The molecule has 0 aliphatic rings. The zero-order chi connectivity index (χ0) is 15.4. The lowest BCUT2D eigenvalue weighted by atomic mass is 9.96. The average molecular weight is 287 g/mol. The lowest BCUT2D eigenvalue weighted by Gasteiger charge is -2.14. The first kappa shape index (κ1) is 18.9. The highest BCUT2D eigenvalue weighted by molar-refractivity contribution is 5.81. The van der Waals surface area contributed by atoms with Crippen LogP contribution < -0.4 is 0 Å². The fourth-order valence-corrected chi connectivity index (χ4v) is 2.18. The highest BCUT2D eigenvalue weighted by Crippen LogP contribution is 2.17. The number of aliphatic carboxylic acids is 1. The molecular weight excluding hydrogens is 258 g/mol. The fraction of sp³-hybridized carbons (Fsp3) is 0.867. The van der Waals surface area contributed by atoms with Crippen molar-refractivity contribution in [2.45, 2.75) is 71.1 Å². The van der Waals surface area contributed by atoms with Gasteiger partial charge >= 0.3 is 5.97 Å². The Morgan fingerprint density at radius 3 is 1.95 bits per heavy atom. The van der Waals surface area contributed by atoms with E-state index in [2.05, 4.69) is 6.92 Å². The van der Waals surface area contributed by atoms with Gasteiger partial charge in [0, 0.05) is 13.5 Å². The van der Waals surface area contributed by atoms with E-state index in [1.165, 1.54) is 39.2 Å². The van der Waals surface area contributed by atoms with Crippen LogP contribution in [-0.4, -0.2) is 34.3 Å². The van der Waals surface area contributed by atoms with E-state index in [1.54, 1.807) is 0 Å². The standard InChI is InChI=1S/C15H29NO4/c1-3-4-5-6-7-8-9-10-11-13(15(18)19)12-14(17)16(2)20/h13,20H,3-12H2,1-2H3,(H,18,19). The summed E-state index contributed by atoms with van der Waals surface area (Å²) < 4.78 is 0. The summed E-state index contributed by atoms with van der Waals surface area (Å²) in [5.41, 5.74) is 0. The smallest absolute Gasteiger partial charge is 0.307 e. The Labute approximate surface area is 121 Å². The Hall–Kier alpha value is -1.10. The van der Waals surface area contributed by atoms with Crippen molar-refractivity contribution in [3.63, 3.8) is 0 Å². The summed E-state index contributed by atoms with van der Waals surface area (Å²) in [6, 6.07) is 0. The number of amides is 1. The van der Waals surface area contributed by atoms with Crippen LogP contribution in [0.4, 0.5) is 0 Å². The molecular formula is C15H29NO4. The molecule has 0 aromatic heterocycles. The molecule has 2 N–H and O–H groups in total. The number of carboxylic acids is 1. The topological polar surface area (TPSA) is 77.8 Å². The molecule has 0 fully saturated rings. The van der Waals surface area contributed by atoms with E-state index in [1.807, 2.05) is 0 Å². The zero-order valence-electron chi connectivity index (χ0n) is 12.8. The number of unbranched alkanes of at least 4 members (excludes halogenated alkanes) is 7. The van der Waals surface area contributed by atoms with E-state index in [4.69, 9.17) is 10.3 Å². The number of hydrogen-bond acceptors (Lipinski definition) is 3. The van der Waals surface area contributed by atoms with Gasteiger partial charge in [0.1, 0.15) is 0 Å². The molecule has 0 aliphatic carbocycles. The predicted molar refractivity (Wildman–Crippen MR) is 77.5 cm³/mol. The van der Waals surface area contributed by atoms with Crippen LogP contribution in [0.25, 0.3) is 0 Å². The summed E-state index contributed by atoms with van der Waals surface area (Å²) in [6.45, 7) is 2.19. The van der Waals surface area contributed by atoms with E-state index in [-0.39, 0.29) is 6.42 Å². The molecule has 0 spiro atoms. The van der Waals surface area contributed by atoms with Gasteiger partial charge in [-0.05, 0) is 6.42 Å². The molecule has 1 atom stereocenters. The predicted octanol–water partition coefficient (Wildman–Crippen LogP) is 3.46. The quantitative estimate of drug-likeness (QED) is 0.327. The molecule has 0 saturated heterocycles. The van der Waals surface area contributed by atoms with Crippen LogP contribution in [0.1, 0.15) is 71.1 Å². The van der Waals surface area contributed by atoms with Gasteiger partial charge in [-0.2, -0.15) is 0 Å². The van der Waals surface area contributed by atoms with Gasteiger partial charge in [0.2, 0.25) is 5.91 Å². The van der Waals surface area contributed by atoms with Gasteiger partial charge in [0.05, 0.1) is 5.92 Å². The number of carbonyl (C=O) groups excluding carboxylic acids is 1. The summed E-state index contributed by atoms with van der Waals surface area (Å²) in [4.78, 5) is 22.3. The van der Waals surface area contributed by atoms with Gasteiger partial charge < -0.3 is 5.11 Å². The van der Waals surface area contributed by atoms with Crippen molar-refractivity contribution in [3.8, 4) is 0 Å². The summed E-state index contributed by atoms with van der Waals surface area (Å²) in [5.74, 6) is -2.18. The largest absolute Gasteiger partial charge is 0.481 e. The van der Waals surface area contributed by atoms with E-state index in [0.29, 0.717) is 11.5 Å². The number of carbonyl (C=O) groups is 2. The Bertz CT molecular complexity index is 279. The maximum Gasteiger partial charge on any atom is 0.307 e. The molecule has 1 amide bonds. The van der Waals surface area contributed by atoms with Gasteiger partial charge in [-0.25, -0.2) is 5.06 Å². The summed E-state index contributed by atoms with van der Waals surface area (Å²) in [7, 11) is 1.22. The number of hydroxylamine groups is 2. The summed E-state index contributed by atoms with van der Waals surface area (Å²) >= 11 is 0. The molecule has 0 saturated carbocycles. The third-order valence-electron chi connectivity index (χ3n) is 3.54. The summed E-state index contributed by atoms with van der Waals surface area (Å²) in [6.07, 6.45) is 9.62. The molecule has 0 heterocycles. The lowest BCUT2D eigenvalue weighted by molar-refractivity contribution is -0.163. The minimum absolute atomic E-state index is 0.126. The maximum absolute atomic E-state index is 11.3. The van der Waals surface area contributed by atoms with Gasteiger partial charge in [-0.1, -0.05) is 58.3 Å². The van der Waals surface area contributed by atoms with E-state index >= 15 is 0 Å². The van der Waals surface area contributed by atoms with Crippen molar-refractivity contribution in [3.05, 3.63) is 0 Å². The van der Waals surface area contributed by atoms with Crippen LogP contribution in [0, 0.1) is 5.92 Å². The summed E-state index contributed by atoms with van der Waals surface area (Å²) in [5, 5.41) is 18.5. The van der Waals surface area contributed by atoms with E-state index < -0.39 is 17.8 Å². The van der Waals surface area contributed by atoms with Gasteiger partial charge in [-0.3, -0.25) is 14.8 Å². The Morgan fingerprint density at radius 1 is 1.00 bits per heavy atom. The highest BCUT2D eigenvalue weighted by atomic mass is 16.5. The molecule has 20 heavy (non-hydrogen) atoms. The number of hydrogen-bond donors (Lipinski definition) is 2. The molecule has 1 unspecified atom stereocenters. The van der Waals surface area contributed by atoms with Crippen LogP contribution >= 0.6 is 0 Å². The molecule has 0 bridgehead atoms. The minimum Gasteiger partial charge on any atom is -0.481 e. The van der Waals surface area contributed by atoms with Gasteiger partial charge in [0.25, 0.3) is 0 Å². The highest BCUT2D eigenvalue weighted by Gasteiger charge is 2.22. The molecule has 5 heteroatoms. The molecule has 118 valence electrons. The van der Waals surface area contributed by atoms with Crippen molar-refractivity contribution in [1.29, 1.82) is 0 Å². The Kier molecular flexibility index (Phi) is 11.1. The SMILES string of the molecule is CCCCCCCCCCC(CC(=O)N(C)O)C(=O)O. The van der Waals surface area contributed by atoms with Crippen molar-refractivity contribution in [1.82, 2.24) is 5.06 Å². The van der Waals surface area contributed by atoms with Crippen molar-refractivity contribution in [2.75, 3.05) is 7.05 Å². The van der Waals surface area contributed by atoms with Crippen LogP contribution in [-0.2, 0) is 9.59 Å². The Morgan fingerprint density at radius 2 is 1.50 bits per heavy atom. The normalized spacial score (nSPS) is 12.2. The minimum atomic E-state index is -0.955. The lowest BCUT2D eigenvalue weighted by Crippen LogP contribution is -2.27. The van der Waals surface area contributed by atoms with Gasteiger partial charge in [0.15, 0.2) is 0 Å². The van der Waals surface area contributed by atoms with Crippen LogP contribution in [0.5, 0.6) is 0 Å². The number of nitrogens with zero attached hydrogens (tertiary/aromatic N) is 1. The van der Waals surface area contributed by atoms with Gasteiger partial charge in [-0.15, -0.1) is 0 Å². The third kappa shape index (κ3) is 9.78. The molecule has 0 radical (unpaired) electrons. The van der Waals surface area contributed by atoms with Crippen LogP contribution in [0.2, 0.25) is 0 Å². The van der Waals surface area contributed by atoms with Crippen LogP contribution in [0.3, 0.4) is 0 Å². The average Bonchev–Trinajstić information content (AvgIpc) is 2.39. The zero-order valence-corrected chi connectivity index (χ0v) is 12.8. The second-order valence-corrected chi connectivity index (χ2v) is 5.42. The molecule has 0 aliphatic heterocycles. The second kappa shape index (κ2) is 11.7. The third-order valence-corrected chi connectivity index (χ3v) is 3.54. The molecule has 5 nitrogen and oxygen atoms in total. The first-order valence-corrected chi connectivity index (χ1v) is 7.67. The van der Waals surface area contributed by atoms with Crippen molar-refractivity contribution in [2.24, 2.45) is 5.92 Å². The Balaban J connectivity index is 3.72. The second-order valence-electron chi connectivity index (χ2n) is 5.42. The van der Waals surface area contributed by atoms with Crippen molar-refractivity contribution >= 4 is 11.9 Å².